The van der Waals surface area contributed by atoms with Crippen LogP contribution in [-0.2, 0) is 0 Å². The molecule has 0 saturated carbocycles. The monoisotopic (exact) mass is 252 g/mol. The van der Waals surface area contributed by atoms with Crippen LogP contribution in [0.25, 0.3) is 0 Å². The van der Waals surface area contributed by atoms with E-state index < -0.39 is 0 Å². The minimum Gasteiger partial charge on any atom is -0.504 e. The molecule has 0 aliphatic rings. The summed E-state index contributed by atoms with van der Waals surface area (Å²) in [4.78, 5) is 1.88. The molecule has 2 aromatic rings. The van der Waals surface area contributed by atoms with Gasteiger partial charge in [-0.15, -0.1) is 0 Å². The highest BCUT2D eigenvalue weighted by Gasteiger charge is 2.02. The van der Waals surface area contributed by atoms with E-state index in [1.54, 1.807) is 6.07 Å². The smallest absolute Gasteiger partial charge is 0.158 e. The van der Waals surface area contributed by atoms with Crippen molar-refractivity contribution in [3.05, 3.63) is 47.5 Å². The lowest BCUT2D eigenvalue weighted by atomic mass is 10.3. The van der Waals surface area contributed by atoms with Gasteiger partial charge in [0, 0.05) is 14.8 Å². The number of halogens is 1. The van der Waals surface area contributed by atoms with Crippen LogP contribution in [0.4, 0.5) is 0 Å². The Bertz CT molecular complexity index is 497. The van der Waals surface area contributed by atoms with Gasteiger partial charge in [0.05, 0.1) is 0 Å². The fraction of sp³-hybridized carbons (Fsp3) is 0. The molecule has 0 amide bonds. The topological polar surface area (TPSA) is 40.5 Å². The maximum absolute atomic E-state index is 9.34. The molecule has 16 heavy (non-hydrogen) atoms. The van der Waals surface area contributed by atoms with Crippen molar-refractivity contribution in [2.24, 2.45) is 0 Å². The zero-order valence-electron chi connectivity index (χ0n) is 8.22. The Hall–Kier alpha value is -1.32. The van der Waals surface area contributed by atoms with E-state index in [9.17, 15) is 5.11 Å². The molecule has 0 unspecified atom stereocenters. The first kappa shape index (κ1) is 11.2. The molecule has 0 aliphatic carbocycles. The molecule has 4 heteroatoms. The van der Waals surface area contributed by atoms with Crippen molar-refractivity contribution < 1.29 is 10.2 Å². The maximum atomic E-state index is 9.34. The van der Waals surface area contributed by atoms with Crippen molar-refractivity contribution >= 4 is 23.4 Å². The number of hydrogen-bond acceptors (Lipinski definition) is 3. The predicted molar refractivity (Wildman–Crippen MR) is 65.3 cm³/mol. The summed E-state index contributed by atoms with van der Waals surface area (Å²) in [7, 11) is 0. The first-order valence-corrected chi connectivity index (χ1v) is 5.80. The van der Waals surface area contributed by atoms with E-state index in [0.29, 0.717) is 5.02 Å². The molecule has 2 aromatic carbocycles. The summed E-state index contributed by atoms with van der Waals surface area (Å²) in [5.74, 6) is -0.223. The lowest BCUT2D eigenvalue weighted by molar-refractivity contribution is 0.402. The average Bonchev–Trinajstić information content (AvgIpc) is 2.27. The Labute approximate surface area is 103 Å². The molecule has 0 heterocycles. The van der Waals surface area contributed by atoms with E-state index in [1.165, 1.54) is 23.9 Å². The molecule has 0 saturated heterocycles. The summed E-state index contributed by atoms with van der Waals surface area (Å²) in [6, 6.07) is 12.2. The van der Waals surface area contributed by atoms with Crippen LogP contribution in [0.15, 0.2) is 52.3 Å². The number of aromatic hydroxyl groups is 2. The molecule has 2 N–H and O–H groups in total. The first-order chi connectivity index (χ1) is 7.65. The Morgan fingerprint density at radius 2 is 1.44 bits per heavy atom. The van der Waals surface area contributed by atoms with Crippen molar-refractivity contribution in [2.75, 3.05) is 0 Å². The SMILES string of the molecule is Oc1ccc(Sc2ccc(Cl)cc2)cc1O. The summed E-state index contributed by atoms with van der Waals surface area (Å²) < 4.78 is 0. The Balaban J connectivity index is 2.20. The maximum Gasteiger partial charge on any atom is 0.158 e. The number of phenolic OH excluding ortho intramolecular Hbond substituents is 2. The van der Waals surface area contributed by atoms with E-state index in [0.717, 1.165) is 9.79 Å². The summed E-state index contributed by atoms with van der Waals surface area (Å²) in [6.45, 7) is 0. The van der Waals surface area contributed by atoms with Gasteiger partial charge in [-0.2, -0.15) is 0 Å². The van der Waals surface area contributed by atoms with Crippen molar-refractivity contribution in [3.63, 3.8) is 0 Å². The third-order valence-corrected chi connectivity index (χ3v) is 3.25. The van der Waals surface area contributed by atoms with E-state index >= 15 is 0 Å². The second kappa shape index (κ2) is 4.68. The highest BCUT2D eigenvalue weighted by Crippen LogP contribution is 2.34. The summed E-state index contributed by atoms with van der Waals surface area (Å²) >= 11 is 7.27. The van der Waals surface area contributed by atoms with Crippen LogP contribution in [0.2, 0.25) is 5.02 Å². The number of rotatable bonds is 2. The second-order valence-corrected chi connectivity index (χ2v) is 4.79. The van der Waals surface area contributed by atoms with Gasteiger partial charge in [-0.1, -0.05) is 23.4 Å². The van der Waals surface area contributed by atoms with Gasteiger partial charge in [-0.25, -0.2) is 0 Å². The highest BCUT2D eigenvalue weighted by molar-refractivity contribution is 7.99. The molecule has 0 fully saturated rings. The minimum atomic E-state index is -0.112. The van der Waals surface area contributed by atoms with Crippen LogP contribution in [-0.4, -0.2) is 10.2 Å². The van der Waals surface area contributed by atoms with Crippen LogP contribution < -0.4 is 0 Å². The van der Waals surface area contributed by atoms with Crippen molar-refractivity contribution in [2.45, 2.75) is 9.79 Å². The summed E-state index contributed by atoms with van der Waals surface area (Å²) in [5, 5.41) is 19.2. The fourth-order valence-corrected chi connectivity index (χ4v) is 2.18. The molecule has 2 nitrogen and oxygen atoms in total. The summed E-state index contributed by atoms with van der Waals surface area (Å²) in [5.41, 5.74) is 0. The average molecular weight is 253 g/mol. The molecule has 0 radical (unpaired) electrons. The van der Waals surface area contributed by atoms with Crippen LogP contribution >= 0.6 is 23.4 Å². The fourth-order valence-electron chi connectivity index (χ4n) is 1.21. The van der Waals surface area contributed by atoms with Gasteiger partial charge in [0.1, 0.15) is 0 Å². The molecular weight excluding hydrogens is 244 g/mol. The Kier molecular flexibility index (Phi) is 3.27. The van der Waals surface area contributed by atoms with Gasteiger partial charge < -0.3 is 10.2 Å². The van der Waals surface area contributed by atoms with Gasteiger partial charge in [-0.3, -0.25) is 0 Å². The number of benzene rings is 2. The molecule has 2 rings (SSSR count). The first-order valence-electron chi connectivity index (χ1n) is 4.60. The third-order valence-electron chi connectivity index (χ3n) is 2.00. The van der Waals surface area contributed by atoms with E-state index in [1.807, 2.05) is 24.3 Å². The van der Waals surface area contributed by atoms with Gasteiger partial charge in [0.15, 0.2) is 11.5 Å². The minimum absolute atomic E-state index is 0.111. The van der Waals surface area contributed by atoms with Crippen LogP contribution in [0, 0.1) is 0 Å². The molecule has 0 atom stereocenters. The van der Waals surface area contributed by atoms with E-state index in [2.05, 4.69) is 0 Å². The van der Waals surface area contributed by atoms with Gasteiger partial charge in [0.2, 0.25) is 0 Å². The second-order valence-electron chi connectivity index (χ2n) is 3.21. The Morgan fingerprint density at radius 1 is 0.812 bits per heavy atom. The molecule has 82 valence electrons. The zero-order valence-corrected chi connectivity index (χ0v) is 9.79. The lowest BCUT2D eigenvalue weighted by Gasteiger charge is -2.03. The van der Waals surface area contributed by atoms with Crippen molar-refractivity contribution in [1.29, 1.82) is 0 Å². The predicted octanol–water partition coefficient (Wildman–Crippen LogP) is 3.90. The largest absolute Gasteiger partial charge is 0.504 e. The number of hydrogen-bond donors (Lipinski definition) is 2. The third kappa shape index (κ3) is 2.62. The molecule has 0 bridgehead atoms. The quantitative estimate of drug-likeness (QED) is 0.797. The highest BCUT2D eigenvalue weighted by atomic mass is 35.5. The van der Waals surface area contributed by atoms with Crippen LogP contribution in [0.1, 0.15) is 0 Å². The zero-order chi connectivity index (χ0) is 11.5. The van der Waals surface area contributed by atoms with Gasteiger partial charge in [0.25, 0.3) is 0 Å². The normalized spacial score (nSPS) is 10.3. The lowest BCUT2D eigenvalue weighted by Crippen LogP contribution is -1.74. The van der Waals surface area contributed by atoms with E-state index in [4.69, 9.17) is 16.7 Å². The van der Waals surface area contributed by atoms with Gasteiger partial charge in [-0.05, 0) is 42.5 Å². The standard InChI is InChI=1S/C12H9ClO2S/c13-8-1-3-9(4-2-8)16-10-5-6-11(14)12(15)7-10/h1-7,14-15H. The number of phenols is 2. The molecule has 0 aromatic heterocycles. The summed E-state index contributed by atoms with van der Waals surface area (Å²) in [6.07, 6.45) is 0. The molecular formula is C12H9ClO2S. The van der Waals surface area contributed by atoms with Crippen LogP contribution in [0.5, 0.6) is 11.5 Å². The van der Waals surface area contributed by atoms with E-state index in [-0.39, 0.29) is 11.5 Å². The van der Waals surface area contributed by atoms with Crippen molar-refractivity contribution in [1.82, 2.24) is 0 Å². The molecule has 0 spiro atoms. The van der Waals surface area contributed by atoms with Gasteiger partial charge >= 0.3 is 0 Å². The van der Waals surface area contributed by atoms with Crippen LogP contribution in [0.3, 0.4) is 0 Å². The van der Waals surface area contributed by atoms with Crippen molar-refractivity contribution in [3.8, 4) is 11.5 Å². The Morgan fingerprint density at radius 3 is 2.06 bits per heavy atom. The molecule has 0 aliphatic heterocycles.